The highest BCUT2D eigenvalue weighted by Crippen LogP contribution is 2.35. The predicted molar refractivity (Wildman–Crippen MR) is 134 cm³/mol. The van der Waals surface area contributed by atoms with E-state index in [1.165, 1.54) is 10.9 Å². The van der Waals surface area contributed by atoms with E-state index in [1.807, 2.05) is 61.2 Å². The molecule has 0 aliphatic carbocycles. The van der Waals surface area contributed by atoms with Crippen molar-refractivity contribution in [2.75, 3.05) is 20.2 Å². The largest absolute Gasteiger partial charge is 0.497 e. The number of rotatable bonds is 7. The van der Waals surface area contributed by atoms with Gasteiger partial charge >= 0.3 is 6.03 Å². The van der Waals surface area contributed by atoms with E-state index in [2.05, 4.69) is 27.9 Å². The molecule has 7 heteroatoms. The number of fused-ring (bicyclic) bond motifs is 1. The molecule has 3 N–H and O–H groups in total. The topological polar surface area (TPSA) is 86.5 Å². The number of methoxy groups -OCH3 is 1. The number of nitrogens with one attached hydrogen (secondary N) is 3. The van der Waals surface area contributed by atoms with Gasteiger partial charge in [-0.25, -0.2) is 4.79 Å². The van der Waals surface area contributed by atoms with Crippen LogP contribution in [0.2, 0.25) is 0 Å². The summed E-state index contributed by atoms with van der Waals surface area (Å²) in [4.78, 5) is 31.1. The number of ether oxygens (including phenoxy) is 1. The lowest BCUT2D eigenvalue weighted by molar-refractivity contribution is -0.135. The van der Waals surface area contributed by atoms with E-state index in [-0.39, 0.29) is 17.9 Å². The van der Waals surface area contributed by atoms with Crippen LogP contribution in [0, 0.1) is 5.92 Å². The lowest BCUT2D eigenvalue weighted by Gasteiger charge is -2.35. The second kappa shape index (κ2) is 10.6. The number of hydrogen-bond donors (Lipinski definition) is 3. The molecule has 0 radical (unpaired) electrons. The van der Waals surface area contributed by atoms with Gasteiger partial charge in [0.15, 0.2) is 0 Å². The zero-order valence-corrected chi connectivity index (χ0v) is 20.1. The Hall–Kier alpha value is -3.48. The lowest BCUT2D eigenvalue weighted by Crippen LogP contribution is -2.54. The van der Waals surface area contributed by atoms with Gasteiger partial charge in [0.05, 0.1) is 7.11 Å². The van der Waals surface area contributed by atoms with Crippen molar-refractivity contribution in [2.24, 2.45) is 5.92 Å². The van der Waals surface area contributed by atoms with Crippen LogP contribution in [0.3, 0.4) is 0 Å². The zero-order chi connectivity index (χ0) is 24.1. The highest BCUT2D eigenvalue weighted by atomic mass is 16.5. The Labute approximate surface area is 200 Å². The van der Waals surface area contributed by atoms with E-state index >= 15 is 0 Å². The Morgan fingerprint density at radius 3 is 2.53 bits per heavy atom. The molecule has 2 aromatic carbocycles. The van der Waals surface area contributed by atoms with E-state index in [1.54, 1.807) is 7.11 Å². The van der Waals surface area contributed by atoms with Gasteiger partial charge in [-0.1, -0.05) is 44.2 Å². The smallest absolute Gasteiger partial charge is 0.315 e. The van der Waals surface area contributed by atoms with Gasteiger partial charge in [-0.05, 0) is 54.0 Å². The molecular weight excluding hydrogens is 428 g/mol. The third kappa shape index (κ3) is 5.35. The van der Waals surface area contributed by atoms with E-state index in [9.17, 15) is 9.59 Å². The number of aromatic amines is 1. The molecule has 34 heavy (non-hydrogen) atoms. The van der Waals surface area contributed by atoms with Crippen LogP contribution in [0.4, 0.5) is 4.79 Å². The fourth-order valence-corrected chi connectivity index (χ4v) is 4.68. The molecular formula is C27H34N4O3. The number of nitrogens with zero attached hydrogens (tertiary/aromatic N) is 1. The maximum absolute atomic E-state index is 13.3. The number of carbonyl (C=O) groups excluding carboxylic acids is 2. The van der Waals surface area contributed by atoms with Crippen molar-refractivity contribution in [3.05, 3.63) is 65.9 Å². The standard InChI is InChI=1S/C27H34N4O3/c1-18(2)25(30-27(33)29-16-19-7-5-4-6-8-19)26(32)31-13-11-20(12-14-31)23-17-28-24-10-9-21(34-3)15-22(23)24/h4-10,15,17-18,20,25,28H,11-14,16H2,1-3H3,(H2,29,30,33). The van der Waals surface area contributed by atoms with Crippen molar-refractivity contribution >= 4 is 22.8 Å². The summed E-state index contributed by atoms with van der Waals surface area (Å²) in [7, 11) is 1.68. The number of aromatic nitrogens is 1. The van der Waals surface area contributed by atoms with Crippen molar-refractivity contribution < 1.29 is 14.3 Å². The average Bonchev–Trinajstić information content (AvgIpc) is 3.29. The van der Waals surface area contributed by atoms with Crippen LogP contribution in [0.5, 0.6) is 5.75 Å². The van der Waals surface area contributed by atoms with E-state index in [0.29, 0.717) is 25.6 Å². The molecule has 7 nitrogen and oxygen atoms in total. The number of urea groups is 1. The summed E-state index contributed by atoms with van der Waals surface area (Å²) in [6.07, 6.45) is 3.86. The van der Waals surface area contributed by atoms with Gasteiger partial charge in [-0.3, -0.25) is 4.79 Å². The van der Waals surface area contributed by atoms with Crippen molar-refractivity contribution in [1.82, 2.24) is 20.5 Å². The fraction of sp³-hybridized carbons (Fsp3) is 0.407. The first-order chi connectivity index (χ1) is 16.5. The van der Waals surface area contributed by atoms with Gasteiger partial charge in [0, 0.05) is 36.7 Å². The molecule has 0 bridgehead atoms. The summed E-state index contributed by atoms with van der Waals surface area (Å²) in [5.74, 6) is 1.21. The second-order valence-electron chi connectivity index (χ2n) is 9.29. The normalized spacial score (nSPS) is 15.4. The number of benzene rings is 2. The summed E-state index contributed by atoms with van der Waals surface area (Å²) in [5, 5.41) is 6.94. The molecule has 1 atom stereocenters. The zero-order valence-electron chi connectivity index (χ0n) is 20.1. The molecule has 1 aromatic heterocycles. The van der Waals surface area contributed by atoms with Crippen LogP contribution >= 0.6 is 0 Å². The second-order valence-corrected chi connectivity index (χ2v) is 9.29. The highest BCUT2D eigenvalue weighted by molar-refractivity contribution is 5.88. The van der Waals surface area contributed by atoms with Crippen molar-refractivity contribution in [2.45, 2.75) is 45.2 Å². The van der Waals surface area contributed by atoms with E-state index in [0.717, 1.165) is 29.7 Å². The first-order valence-electron chi connectivity index (χ1n) is 12.0. The number of carbonyl (C=O) groups is 2. The Kier molecular flexibility index (Phi) is 7.40. The molecule has 1 saturated heterocycles. The van der Waals surface area contributed by atoms with Gasteiger partial charge in [0.1, 0.15) is 11.8 Å². The third-order valence-electron chi connectivity index (χ3n) is 6.68. The first kappa shape index (κ1) is 23.7. The number of likely N-dealkylation sites (tertiary alicyclic amines) is 1. The van der Waals surface area contributed by atoms with Gasteiger partial charge in [0.25, 0.3) is 0 Å². The SMILES string of the molecule is COc1ccc2[nH]cc(C3CCN(C(=O)C(NC(=O)NCc4ccccc4)C(C)C)CC3)c2c1. The molecule has 3 amide bonds. The van der Waals surface area contributed by atoms with Crippen LogP contribution in [-0.2, 0) is 11.3 Å². The molecule has 2 heterocycles. The minimum absolute atomic E-state index is 0.00576. The first-order valence-corrected chi connectivity index (χ1v) is 12.0. The third-order valence-corrected chi connectivity index (χ3v) is 6.68. The molecule has 1 aliphatic rings. The number of H-pyrrole nitrogens is 1. The molecule has 1 unspecified atom stereocenters. The minimum atomic E-state index is -0.551. The summed E-state index contributed by atoms with van der Waals surface area (Å²) < 4.78 is 5.40. The molecule has 4 rings (SSSR count). The molecule has 1 aliphatic heterocycles. The number of piperidine rings is 1. The van der Waals surface area contributed by atoms with Crippen molar-refractivity contribution in [3.8, 4) is 5.75 Å². The summed E-state index contributed by atoms with van der Waals surface area (Å²) in [6, 6.07) is 14.9. The van der Waals surface area contributed by atoms with Gasteiger partial charge in [-0.2, -0.15) is 0 Å². The Morgan fingerprint density at radius 1 is 1.12 bits per heavy atom. The summed E-state index contributed by atoms with van der Waals surface area (Å²) >= 11 is 0. The van der Waals surface area contributed by atoms with Crippen molar-refractivity contribution in [1.29, 1.82) is 0 Å². The van der Waals surface area contributed by atoms with Crippen LogP contribution in [0.1, 0.15) is 43.7 Å². The lowest BCUT2D eigenvalue weighted by atomic mass is 9.88. The monoisotopic (exact) mass is 462 g/mol. The Balaban J connectivity index is 1.35. The molecule has 3 aromatic rings. The van der Waals surface area contributed by atoms with Crippen molar-refractivity contribution in [3.63, 3.8) is 0 Å². The van der Waals surface area contributed by atoms with Gasteiger partial charge in [0.2, 0.25) is 5.91 Å². The van der Waals surface area contributed by atoms with Crippen LogP contribution < -0.4 is 15.4 Å². The van der Waals surface area contributed by atoms with Crippen LogP contribution in [-0.4, -0.2) is 48.1 Å². The Morgan fingerprint density at radius 2 is 1.85 bits per heavy atom. The van der Waals surface area contributed by atoms with Gasteiger partial charge < -0.3 is 25.3 Å². The summed E-state index contributed by atoms with van der Waals surface area (Å²) in [6.45, 7) is 5.71. The highest BCUT2D eigenvalue weighted by Gasteiger charge is 2.32. The molecule has 180 valence electrons. The number of amides is 3. The number of hydrogen-bond acceptors (Lipinski definition) is 3. The molecule has 0 spiro atoms. The minimum Gasteiger partial charge on any atom is -0.497 e. The fourth-order valence-electron chi connectivity index (χ4n) is 4.68. The maximum atomic E-state index is 13.3. The summed E-state index contributed by atoms with van der Waals surface area (Å²) in [5.41, 5.74) is 3.39. The average molecular weight is 463 g/mol. The molecule has 0 saturated carbocycles. The Bertz CT molecular complexity index is 1120. The van der Waals surface area contributed by atoms with E-state index < -0.39 is 6.04 Å². The van der Waals surface area contributed by atoms with Gasteiger partial charge in [-0.15, -0.1) is 0 Å². The van der Waals surface area contributed by atoms with Crippen LogP contribution in [0.25, 0.3) is 10.9 Å². The maximum Gasteiger partial charge on any atom is 0.315 e. The van der Waals surface area contributed by atoms with Crippen LogP contribution in [0.15, 0.2) is 54.7 Å². The molecule has 1 fully saturated rings. The quantitative estimate of drug-likeness (QED) is 0.486. The van der Waals surface area contributed by atoms with E-state index in [4.69, 9.17) is 4.74 Å². The predicted octanol–water partition coefficient (Wildman–Crippen LogP) is 4.41.